The van der Waals surface area contributed by atoms with E-state index < -0.39 is 0 Å². The van der Waals surface area contributed by atoms with Crippen LogP contribution in [0.25, 0.3) is 0 Å². The summed E-state index contributed by atoms with van der Waals surface area (Å²) in [6, 6.07) is 11.5. The number of likely N-dealkylation sites (tertiary alicyclic amines) is 1. The Hall–Kier alpha value is -0.900. The molecule has 1 fully saturated rings. The van der Waals surface area contributed by atoms with Gasteiger partial charge in [0, 0.05) is 18.4 Å². The van der Waals surface area contributed by atoms with E-state index >= 15 is 0 Å². The zero-order valence-electron chi connectivity index (χ0n) is 13.4. The molecule has 118 valence electrons. The molecule has 21 heavy (non-hydrogen) atoms. The first-order valence-electron chi connectivity index (χ1n) is 8.66. The van der Waals surface area contributed by atoms with Crippen molar-refractivity contribution >= 4 is 0 Å². The molecule has 4 N–H and O–H groups in total. The molecule has 1 atom stereocenters. The minimum Gasteiger partial charge on any atom is -0.387 e. The molecule has 2 rings (SSSR count). The summed E-state index contributed by atoms with van der Waals surface area (Å²) in [5.41, 5.74) is 1.45. The van der Waals surface area contributed by atoms with Crippen LogP contribution in [0.3, 0.4) is 0 Å². The van der Waals surface area contributed by atoms with Crippen molar-refractivity contribution < 1.29 is 15.3 Å². The zero-order valence-corrected chi connectivity index (χ0v) is 13.4. The lowest BCUT2D eigenvalue weighted by molar-refractivity contribution is -0.926. The standard InChI is InChI=1S/C18H30N2O/c1-2-3-9-18(21)14-19-17-10-12-20(13-11-17)15-16-7-5-4-6-8-16/h4-8,17-19,21H,2-3,9-15H2,1H3/p+2/t18-/m0/s1. The number of piperidine rings is 1. The van der Waals surface area contributed by atoms with Crippen LogP contribution in [0.15, 0.2) is 30.3 Å². The molecule has 1 saturated heterocycles. The van der Waals surface area contributed by atoms with E-state index in [0.717, 1.165) is 32.0 Å². The molecule has 0 bridgehead atoms. The van der Waals surface area contributed by atoms with Gasteiger partial charge in [-0.1, -0.05) is 50.1 Å². The molecule has 1 aromatic rings. The smallest absolute Gasteiger partial charge is 0.103 e. The fourth-order valence-corrected chi connectivity index (χ4v) is 3.25. The number of nitrogens with one attached hydrogen (secondary N) is 1. The largest absolute Gasteiger partial charge is 0.387 e. The van der Waals surface area contributed by atoms with Gasteiger partial charge in [0.1, 0.15) is 19.2 Å². The summed E-state index contributed by atoms with van der Waals surface area (Å²) in [6.45, 7) is 6.76. The van der Waals surface area contributed by atoms with Gasteiger partial charge in [-0.2, -0.15) is 0 Å². The second-order valence-electron chi connectivity index (χ2n) is 6.52. The van der Waals surface area contributed by atoms with E-state index in [9.17, 15) is 5.11 Å². The van der Waals surface area contributed by atoms with Crippen LogP contribution in [0, 0.1) is 0 Å². The Morgan fingerprint density at radius 1 is 1.24 bits per heavy atom. The fourth-order valence-electron chi connectivity index (χ4n) is 3.25. The van der Waals surface area contributed by atoms with Gasteiger partial charge in [-0.3, -0.25) is 0 Å². The van der Waals surface area contributed by atoms with E-state index in [-0.39, 0.29) is 6.10 Å². The van der Waals surface area contributed by atoms with Gasteiger partial charge >= 0.3 is 0 Å². The van der Waals surface area contributed by atoms with Gasteiger partial charge in [0.2, 0.25) is 0 Å². The lowest BCUT2D eigenvalue weighted by Gasteiger charge is -2.28. The number of rotatable bonds is 8. The predicted octanol–water partition coefficient (Wildman–Crippen LogP) is 0.348. The van der Waals surface area contributed by atoms with Crippen LogP contribution in [0.1, 0.15) is 44.6 Å². The Morgan fingerprint density at radius 3 is 2.62 bits per heavy atom. The summed E-state index contributed by atoms with van der Waals surface area (Å²) < 4.78 is 0. The van der Waals surface area contributed by atoms with Crippen LogP contribution in [0.2, 0.25) is 0 Å². The van der Waals surface area contributed by atoms with Gasteiger partial charge in [-0.25, -0.2) is 0 Å². The zero-order chi connectivity index (χ0) is 14.9. The van der Waals surface area contributed by atoms with E-state index in [2.05, 4.69) is 42.6 Å². The maximum absolute atomic E-state index is 9.92. The first-order valence-corrected chi connectivity index (χ1v) is 8.66. The molecule has 0 spiro atoms. The van der Waals surface area contributed by atoms with Crippen molar-refractivity contribution in [2.75, 3.05) is 19.6 Å². The summed E-state index contributed by atoms with van der Waals surface area (Å²) >= 11 is 0. The summed E-state index contributed by atoms with van der Waals surface area (Å²) in [6.07, 6.45) is 5.74. The molecule has 0 radical (unpaired) electrons. The molecule has 0 aromatic heterocycles. The first-order chi connectivity index (χ1) is 10.3. The summed E-state index contributed by atoms with van der Waals surface area (Å²) in [4.78, 5) is 1.71. The van der Waals surface area contributed by atoms with E-state index in [1.54, 1.807) is 4.90 Å². The Bertz CT molecular complexity index is 374. The normalized spacial score (nSPS) is 23.9. The molecule has 1 aliphatic rings. The Balaban J connectivity index is 1.62. The molecule has 1 aliphatic heterocycles. The monoisotopic (exact) mass is 292 g/mol. The molecule has 0 amide bonds. The third kappa shape index (κ3) is 6.16. The quantitative estimate of drug-likeness (QED) is 0.636. The van der Waals surface area contributed by atoms with E-state index in [1.165, 1.54) is 37.9 Å². The van der Waals surface area contributed by atoms with Crippen LogP contribution < -0.4 is 10.2 Å². The SMILES string of the molecule is CCCC[C@H](O)C[NH2+]C1CC[NH+](Cc2ccccc2)CC1. The van der Waals surface area contributed by atoms with Crippen molar-refractivity contribution in [1.29, 1.82) is 0 Å². The highest BCUT2D eigenvalue weighted by molar-refractivity contribution is 5.13. The number of aliphatic hydroxyl groups is 1. The number of hydrogen-bond donors (Lipinski definition) is 3. The second-order valence-corrected chi connectivity index (χ2v) is 6.52. The lowest BCUT2D eigenvalue weighted by atomic mass is 10.0. The highest BCUT2D eigenvalue weighted by Crippen LogP contribution is 2.00. The molecule has 0 aliphatic carbocycles. The number of nitrogens with two attached hydrogens (primary N) is 1. The summed E-state index contributed by atoms with van der Waals surface area (Å²) in [5.74, 6) is 0. The molecular weight excluding hydrogens is 260 g/mol. The Labute approximate surface area is 129 Å². The third-order valence-corrected chi connectivity index (χ3v) is 4.67. The van der Waals surface area contributed by atoms with Gasteiger partial charge in [0.15, 0.2) is 0 Å². The lowest BCUT2D eigenvalue weighted by Crippen LogP contribution is -3.13. The molecule has 3 nitrogen and oxygen atoms in total. The van der Waals surface area contributed by atoms with Crippen LogP contribution in [0.4, 0.5) is 0 Å². The molecular formula is C18H32N2O+2. The van der Waals surface area contributed by atoms with E-state index in [0.29, 0.717) is 0 Å². The van der Waals surface area contributed by atoms with Gasteiger partial charge in [0.25, 0.3) is 0 Å². The molecule has 3 heteroatoms. The molecule has 0 saturated carbocycles. The molecule has 0 unspecified atom stereocenters. The number of benzene rings is 1. The van der Waals surface area contributed by atoms with Crippen molar-refractivity contribution in [3.8, 4) is 0 Å². The summed E-state index contributed by atoms with van der Waals surface area (Å²) in [5, 5.41) is 12.3. The number of aliphatic hydroxyl groups excluding tert-OH is 1. The van der Waals surface area contributed by atoms with Crippen LogP contribution in [-0.4, -0.2) is 36.9 Å². The third-order valence-electron chi connectivity index (χ3n) is 4.67. The molecule has 1 aromatic carbocycles. The Morgan fingerprint density at radius 2 is 1.95 bits per heavy atom. The van der Waals surface area contributed by atoms with Crippen molar-refractivity contribution in [2.24, 2.45) is 0 Å². The van der Waals surface area contributed by atoms with E-state index in [1.807, 2.05) is 0 Å². The highest BCUT2D eigenvalue weighted by Gasteiger charge is 2.24. The second kappa shape index (κ2) is 9.19. The predicted molar refractivity (Wildman–Crippen MR) is 86.2 cm³/mol. The van der Waals surface area contributed by atoms with Crippen LogP contribution in [-0.2, 0) is 6.54 Å². The maximum atomic E-state index is 9.92. The minimum absolute atomic E-state index is 0.111. The first kappa shape index (κ1) is 16.5. The van der Waals surface area contributed by atoms with Crippen LogP contribution in [0.5, 0.6) is 0 Å². The maximum Gasteiger partial charge on any atom is 0.103 e. The minimum atomic E-state index is -0.111. The van der Waals surface area contributed by atoms with Crippen LogP contribution >= 0.6 is 0 Å². The number of unbranched alkanes of at least 4 members (excludes halogenated alkanes) is 1. The van der Waals surface area contributed by atoms with Crippen molar-refractivity contribution in [3.05, 3.63) is 35.9 Å². The van der Waals surface area contributed by atoms with Gasteiger partial charge in [0.05, 0.1) is 19.1 Å². The molecule has 1 heterocycles. The van der Waals surface area contributed by atoms with Crippen molar-refractivity contribution in [1.82, 2.24) is 0 Å². The highest BCUT2D eigenvalue weighted by atomic mass is 16.3. The average Bonchev–Trinajstić information content (AvgIpc) is 2.53. The number of hydrogen-bond acceptors (Lipinski definition) is 1. The Kier molecular flexibility index (Phi) is 7.20. The topological polar surface area (TPSA) is 41.3 Å². The van der Waals surface area contributed by atoms with Gasteiger partial charge in [-0.05, 0) is 6.42 Å². The van der Waals surface area contributed by atoms with Crippen molar-refractivity contribution in [3.63, 3.8) is 0 Å². The fraction of sp³-hybridized carbons (Fsp3) is 0.667. The number of quaternary nitrogens is 2. The van der Waals surface area contributed by atoms with Crippen molar-refractivity contribution in [2.45, 2.75) is 57.7 Å². The van der Waals surface area contributed by atoms with E-state index in [4.69, 9.17) is 0 Å². The van der Waals surface area contributed by atoms with Gasteiger partial charge in [-0.15, -0.1) is 0 Å². The average molecular weight is 292 g/mol. The summed E-state index contributed by atoms with van der Waals surface area (Å²) in [7, 11) is 0. The van der Waals surface area contributed by atoms with Gasteiger partial charge < -0.3 is 15.3 Å².